The van der Waals surface area contributed by atoms with Gasteiger partial charge in [0.1, 0.15) is 28.6 Å². The molecule has 0 N–H and O–H groups in total. The van der Waals surface area contributed by atoms with Crippen LogP contribution < -0.4 is 18.9 Å². The van der Waals surface area contributed by atoms with Crippen molar-refractivity contribution in [2.75, 3.05) is 28.4 Å². The highest BCUT2D eigenvalue weighted by molar-refractivity contribution is 5.77. The molecule has 0 saturated heterocycles. The molecule has 0 aliphatic heterocycles. The molecule has 2 aromatic carbocycles. The van der Waals surface area contributed by atoms with Gasteiger partial charge >= 0.3 is 11.5 Å². The first-order chi connectivity index (χ1) is 13.1. The molecule has 0 aliphatic rings. The molecule has 1 aromatic heterocycles. The summed E-state index contributed by atoms with van der Waals surface area (Å²) in [5.74, 6) is 4.37. The molecule has 140 valence electrons. The number of methoxy groups -OCH3 is 4. The van der Waals surface area contributed by atoms with Crippen LogP contribution in [0.25, 0.3) is 22.5 Å². The highest BCUT2D eigenvalue weighted by atomic mass is 16.5. The number of ether oxygens (including phenoxy) is 4. The Labute approximate surface area is 159 Å². The SMILES string of the molecule is COc1ccc(OC)c(-c2cc(C)[o+]c(-c3cc(OC)ccc3OC)c2)c1. The van der Waals surface area contributed by atoms with E-state index in [0.717, 1.165) is 39.7 Å². The fraction of sp³-hybridized carbons (Fsp3) is 0.227. The lowest BCUT2D eigenvalue weighted by Gasteiger charge is -2.11. The van der Waals surface area contributed by atoms with E-state index in [1.54, 1.807) is 28.4 Å². The number of rotatable bonds is 6. The van der Waals surface area contributed by atoms with Gasteiger partial charge in [0.2, 0.25) is 0 Å². The van der Waals surface area contributed by atoms with E-state index in [-0.39, 0.29) is 0 Å². The summed E-state index contributed by atoms with van der Waals surface area (Å²) in [4.78, 5) is 0. The molecule has 0 spiro atoms. The second kappa shape index (κ2) is 7.99. The molecule has 3 aromatic rings. The van der Waals surface area contributed by atoms with Crippen LogP contribution >= 0.6 is 0 Å². The van der Waals surface area contributed by atoms with E-state index >= 15 is 0 Å². The molecule has 0 bridgehead atoms. The highest BCUT2D eigenvalue weighted by Crippen LogP contribution is 2.39. The maximum atomic E-state index is 5.99. The van der Waals surface area contributed by atoms with Crippen LogP contribution in [-0.4, -0.2) is 28.4 Å². The third-order valence-electron chi connectivity index (χ3n) is 4.31. The third-order valence-corrected chi connectivity index (χ3v) is 4.31. The molecule has 0 amide bonds. The zero-order valence-corrected chi connectivity index (χ0v) is 16.2. The van der Waals surface area contributed by atoms with Crippen LogP contribution in [0.5, 0.6) is 23.0 Å². The predicted molar refractivity (Wildman–Crippen MR) is 105 cm³/mol. The van der Waals surface area contributed by atoms with Crippen molar-refractivity contribution in [3.63, 3.8) is 0 Å². The summed E-state index contributed by atoms with van der Waals surface area (Å²) >= 11 is 0. The summed E-state index contributed by atoms with van der Waals surface area (Å²) in [7, 11) is 6.56. The molecule has 1 heterocycles. The Bertz CT molecular complexity index is 876. The molecular formula is C22H23O5+. The fourth-order valence-electron chi connectivity index (χ4n) is 2.97. The first-order valence-corrected chi connectivity index (χ1v) is 8.49. The molecule has 5 heteroatoms. The van der Waals surface area contributed by atoms with Gasteiger partial charge in [0.25, 0.3) is 0 Å². The standard InChI is InChI=1S/C22H23O5/c1-14-10-15(18-12-16(23-2)6-8-20(18)25-4)11-22(27-14)19-13-17(24-3)7-9-21(19)26-5/h6-13H,1-5H3/q+1. The van der Waals surface area contributed by atoms with Crippen molar-refractivity contribution in [1.82, 2.24) is 0 Å². The predicted octanol–water partition coefficient (Wildman–Crippen LogP) is 5.24. The van der Waals surface area contributed by atoms with Gasteiger partial charge in [0.15, 0.2) is 0 Å². The van der Waals surface area contributed by atoms with Gasteiger partial charge in [-0.2, -0.15) is 0 Å². The molecule has 0 fully saturated rings. The Hall–Kier alpha value is -3.21. The Morgan fingerprint density at radius 3 is 1.74 bits per heavy atom. The van der Waals surface area contributed by atoms with Gasteiger partial charge in [-0.3, -0.25) is 0 Å². The molecule has 0 atom stereocenters. The van der Waals surface area contributed by atoms with Crippen LogP contribution in [0.2, 0.25) is 0 Å². The molecule has 5 nitrogen and oxygen atoms in total. The maximum Gasteiger partial charge on any atom is 0.364 e. The largest absolute Gasteiger partial charge is 0.497 e. The van der Waals surface area contributed by atoms with Crippen molar-refractivity contribution < 1.29 is 23.4 Å². The van der Waals surface area contributed by atoms with Gasteiger partial charge in [-0.1, -0.05) is 0 Å². The summed E-state index contributed by atoms with van der Waals surface area (Å²) in [6, 6.07) is 15.2. The summed E-state index contributed by atoms with van der Waals surface area (Å²) in [6.45, 7) is 1.91. The first-order valence-electron chi connectivity index (χ1n) is 8.49. The van der Waals surface area contributed by atoms with Crippen molar-refractivity contribution in [3.05, 3.63) is 54.3 Å². The molecule has 0 radical (unpaired) electrons. The highest BCUT2D eigenvalue weighted by Gasteiger charge is 2.22. The average Bonchev–Trinajstić information content (AvgIpc) is 2.72. The van der Waals surface area contributed by atoms with E-state index in [1.165, 1.54) is 0 Å². The van der Waals surface area contributed by atoms with Crippen LogP contribution in [-0.2, 0) is 0 Å². The number of hydrogen-bond donors (Lipinski definition) is 0. The first kappa shape index (κ1) is 18.6. The summed E-state index contributed by atoms with van der Waals surface area (Å²) in [5, 5.41) is 0. The molecule has 0 unspecified atom stereocenters. The second-order valence-corrected chi connectivity index (χ2v) is 5.95. The van der Waals surface area contributed by atoms with Gasteiger partial charge in [0, 0.05) is 23.3 Å². The maximum absolute atomic E-state index is 5.99. The summed E-state index contributed by atoms with van der Waals surface area (Å²) < 4.78 is 27.8. The van der Waals surface area contributed by atoms with E-state index in [1.807, 2.05) is 55.5 Å². The van der Waals surface area contributed by atoms with Gasteiger partial charge < -0.3 is 18.9 Å². The van der Waals surface area contributed by atoms with Gasteiger partial charge in [-0.15, -0.1) is 0 Å². The van der Waals surface area contributed by atoms with E-state index in [2.05, 4.69) is 0 Å². The zero-order chi connectivity index (χ0) is 19.4. The van der Waals surface area contributed by atoms with E-state index in [9.17, 15) is 0 Å². The van der Waals surface area contributed by atoms with Crippen molar-refractivity contribution >= 4 is 0 Å². The van der Waals surface area contributed by atoms with Crippen LogP contribution in [0, 0.1) is 6.92 Å². The molecule has 0 aliphatic carbocycles. The molecule has 3 rings (SSSR count). The van der Waals surface area contributed by atoms with Crippen molar-refractivity contribution in [1.29, 1.82) is 0 Å². The molecule has 0 saturated carbocycles. The van der Waals surface area contributed by atoms with E-state index in [4.69, 9.17) is 23.4 Å². The lowest BCUT2D eigenvalue weighted by atomic mass is 10.0. The minimum absolute atomic E-state index is 0.672. The number of benzene rings is 2. The van der Waals surface area contributed by atoms with Crippen LogP contribution in [0.3, 0.4) is 0 Å². The minimum Gasteiger partial charge on any atom is -0.497 e. The fourth-order valence-corrected chi connectivity index (χ4v) is 2.97. The average molecular weight is 367 g/mol. The van der Waals surface area contributed by atoms with E-state index in [0.29, 0.717) is 11.5 Å². The van der Waals surface area contributed by atoms with Crippen molar-refractivity contribution in [2.45, 2.75) is 6.92 Å². The topological polar surface area (TPSA) is 48.2 Å². The van der Waals surface area contributed by atoms with Crippen molar-refractivity contribution in [2.24, 2.45) is 0 Å². The summed E-state index contributed by atoms with van der Waals surface area (Å²) in [6.07, 6.45) is 0. The lowest BCUT2D eigenvalue weighted by Crippen LogP contribution is -1.93. The summed E-state index contributed by atoms with van der Waals surface area (Å²) in [5.41, 5.74) is 2.68. The second-order valence-electron chi connectivity index (χ2n) is 5.95. The smallest absolute Gasteiger partial charge is 0.364 e. The van der Waals surface area contributed by atoms with E-state index < -0.39 is 0 Å². The normalized spacial score (nSPS) is 10.4. The van der Waals surface area contributed by atoms with Crippen molar-refractivity contribution in [3.8, 4) is 45.4 Å². The third kappa shape index (κ3) is 3.82. The Morgan fingerprint density at radius 1 is 0.630 bits per heavy atom. The number of aryl methyl sites for hydroxylation is 1. The number of hydrogen-bond acceptors (Lipinski definition) is 4. The van der Waals surface area contributed by atoms with Crippen LogP contribution in [0.15, 0.2) is 52.9 Å². The minimum atomic E-state index is 0.672. The molecular weight excluding hydrogens is 344 g/mol. The van der Waals surface area contributed by atoms with Gasteiger partial charge in [-0.05, 0) is 30.3 Å². The zero-order valence-electron chi connectivity index (χ0n) is 16.2. The van der Waals surface area contributed by atoms with Gasteiger partial charge in [-0.25, -0.2) is 4.42 Å². The quantitative estimate of drug-likeness (QED) is 0.558. The molecule has 27 heavy (non-hydrogen) atoms. The Balaban J connectivity index is 2.20. The van der Waals surface area contributed by atoms with Crippen LogP contribution in [0.4, 0.5) is 0 Å². The monoisotopic (exact) mass is 367 g/mol. The van der Waals surface area contributed by atoms with Gasteiger partial charge in [0.05, 0.1) is 41.4 Å². The lowest BCUT2D eigenvalue weighted by molar-refractivity contribution is 0.402. The Morgan fingerprint density at radius 2 is 1.19 bits per heavy atom. The van der Waals surface area contributed by atoms with Crippen LogP contribution in [0.1, 0.15) is 5.76 Å². The Kier molecular flexibility index (Phi) is 5.50.